The Morgan fingerprint density at radius 1 is 1.00 bits per heavy atom. The number of imidazole rings is 1. The van der Waals surface area contributed by atoms with Gasteiger partial charge in [0.05, 0.1) is 11.9 Å². The fourth-order valence-corrected chi connectivity index (χ4v) is 3.96. The van der Waals surface area contributed by atoms with Crippen molar-refractivity contribution in [3.63, 3.8) is 0 Å². The topological polar surface area (TPSA) is 63.9 Å². The number of aromatic nitrogens is 4. The number of piperidine rings is 1. The minimum atomic E-state index is -0.00670. The Hall–Kier alpha value is -3.02. The van der Waals surface area contributed by atoms with Crippen molar-refractivity contribution < 1.29 is 4.79 Å². The Morgan fingerprint density at radius 2 is 1.76 bits per heavy atom. The Labute approximate surface area is 171 Å². The average molecular weight is 390 g/mol. The normalized spacial score (nSPS) is 14.9. The number of amides is 1. The van der Waals surface area contributed by atoms with Crippen LogP contribution in [-0.2, 0) is 6.54 Å². The molecule has 0 radical (unpaired) electrons. The van der Waals surface area contributed by atoms with Gasteiger partial charge in [-0.3, -0.25) is 9.78 Å². The molecule has 1 amide bonds. The Balaban J connectivity index is 1.34. The summed E-state index contributed by atoms with van der Waals surface area (Å²) in [6.45, 7) is 6.51. The van der Waals surface area contributed by atoms with Gasteiger partial charge in [-0.1, -0.05) is 30.3 Å². The van der Waals surface area contributed by atoms with E-state index in [1.165, 1.54) is 5.69 Å². The van der Waals surface area contributed by atoms with E-state index in [0.29, 0.717) is 11.6 Å². The van der Waals surface area contributed by atoms with E-state index in [4.69, 9.17) is 0 Å². The number of aryl methyl sites for hydroxylation is 2. The molecule has 0 N–H and O–H groups in total. The second kappa shape index (κ2) is 8.55. The van der Waals surface area contributed by atoms with Crippen LogP contribution in [0.3, 0.4) is 0 Å². The van der Waals surface area contributed by atoms with E-state index in [2.05, 4.69) is 50.7 Å². The van der Waals surface area contributed by atoms with E-state index >= 15 is 0 Å². The summed E-state index contributed by atoms with van der Waals surface area (Å²) in [5.74, 6) is 1.65. The molecule has 6 heteroatoms. The molecule has 0 aliphatic carbocycles. The fraction of sp³-hybridized carbons (Fsp3) is 0.391. The molecule has 0 bridgehead atoms. The molecule has 4 rings (SSSR count). The zero-order chi connectivity index (χ0) is 20.2. The summed E-state index contributed by atoms with van der Waals surface area (Å²) in [5, 5.41) is 0. The van der Waals surface area contributed by atoms with Gasteiger partial charge in [0, 0.05) is 43.3 Å². The molecule has 3 heterocycles. The quantitative estimate of drug-likeness (QED) is 0.664. The van der Waals surface area contributed by atoms with Crippen molar-refractivity contribution >= 4 is 5.91 Å². The lowest BCUT2D eigenvalue weighted by atomic mass is 9.93. The predicted molar refractivity (Wildman–Crippen MR) is 112 cm³/mol. The van der Waals surface area contributed by atoms with Crippen molar-refractivity contribution in [1.29, 1.82) is 0 Å². The second-order valence-corrected chi connectivity index (χ2v) is 7.81. The van der Waals surface area contributed by atoms with Crippen LogP contribution in [0.15, 0.2) is 48.9 Å². The van der Waals surface area contributed by atoms with Gasteiger partial charge in [0.25, 0.3) is 5.91 Å². The van der Waals surface area contributed by atoms with Crippen molar-refractivity contribution in [3.8, 4) is 11.4 Å². The van der Waals surface area contributed by atoms with Crippen LogP contribution in [0.25, 0.3) is 11.4 Å². The third kappa shape index (κ3) is 4.36. The minimum absolute atomic E-state index is 0.00670. The molecule has 0 spiro atoms. The lowest BCUT2D eigenvalue weighted by molar-refractivity contribution is 0.0678. The monoisotopic (exact) mass is 389 g/mol. The van der Waals surface area contributed by atoms with Gasteiger partial charge in [0.2, 0.25) is 0 Å². The van der Waals surface area contributed by atoms with E-state index in [1.54, 1.807) is 12.4 Å². The number of carbonyl (C=O) groups excluding carboxylic acids is 1. The summed E-state index contributed by atoms with van der Waals surface area (Å²) in [4.78, 5) is 27.6. The standard InChI is InChI=1S/C23H27N5O/c1-17-14-25-21(16-24-17)23(29)27-11-8-19(9-12-27)10-13-28-18(2)15-26-22(28)20-6-4-3-5-7-20/h3-7,14-16,19H,8-13H2,1-2H3. The van der Waals surface area contributed by atoms with Crippen LogP contribution >= 0.6 is 0 Å². The molecule has 1 aliphatic heterocycles. The number of rotatable bonds is 5. The van der Waals surface area contributed by atoms with Gasteiger partial charge in [0.1, 0.15) is 11.5 Å². The fourth-order valence-electron chi connectivity index (χ4n) is 3.96. The minimum Gasteiger partial charge on any atom is -0.337 e. The summed E-state index contributed by atoms with van der Waals surface area (Å²) in [5.41, 5.74) is 3.61. The van der Waals surface area contributed by atoms with Crippen molar-refractivity contribution in [1.82, 2.24) is 24.4 Å². The third-order valence-electron chi connectivity index (χ3n) is 5.75. The molecule has 1 saturated heterocycles. The van der Waals surface area contributed by atoms with Crippen LogP contribution in [0, 0.1) is 19.8 Å². The molecule has 0 unspecified atom stereocenters. The second-order valence-electron chi connectivity index (χ2n) is 7.81. The molecule has 150 valence electrons. The van der Waals surface area contributed by atoms with Gasteiger partial charge in [-0.25, -0.2) is 9.97 Å². The Kier molecular flexibility index (Phi) is 5.69. The van der Waals surface area contributed by atoms with Gasteiger partial charge in [0.15, 0.2) is 0 Å². The predicted octanol–water partition coefficient (Wildman–Crippen LogP) is 3.90. The molecule has 3 aromatic rings. The number of likely N-dealkylation sites (tertiary alicyclic amines) is 1. The third-order valence-corrected chi connectivity index (χ3v) is 5.75. The zero-order valence-electron chi connectivity index (χ0n) is 17.1. The lowest BCUT2D eigenvalue weighted by Gasteiger charge is -2.32. The van der Waals surface area contributed by atoms with Gasteiger partial charge in [-0.15, -0.1) is 0 Å². The van der Waals surface area contributed by atoms with E-state index in [0.717, 1.165) is 56.0 Å². The number of hydrogen-bond donors (Lipinski definition) is 0. The Morgan fingerprint density at radius 3 is 2.45 bits per heavy atom. The summed E-state index contributed by atoms with van der Waals surface area (Å²) < 4.78 is 2.31. The van der Waals surface area contributed by atoms with Crippen LogP contribution in [-0.4, -0.2) is 43.4 Å². The van der Waals surface area contributed by atoms with Crippen LogP contribution < -0.4 is 0 Å². The van der Waals surface area contributed by atoms with Crippen molar-refractivity contribution in [2.24, 2.45) is 5.92 Å². The number of carbonyl (C=O) groups is 1. The number of hydrogen-bond acceptors (Lipinski definition) is 4. The molecule has 6 nitrogen and oxygen atoms in total. The van der Waals surface area contributed by atoms with Crippen LogP contribution in [0.4, 0.5) is 0 Å². The maximum Gasteiger partial charge on any atom is 0.274 e. The van der Waals surface area contributed by atoms with Crippen LogP contribution in [0.1, 0.15) is 41.1 Å². The molecule has 1 aliphatic rings. The largest absolute Gasteiger partial charge is 0.337 e. The van der Waals surface area contributed by atoms with Gasteiger partial charge in [-0.05, 0) is 39.0 Å². The molecule has 2 aromatic heterocycles. The van der Waals surface area contributed by atoms with E-state index in [-0.39, 0.29) is 5.91 Å². The summed E-state index contributed by atoms with van der Waals surface area (Å²) in [6.07, 6.45) is 8.34. The molecular weight excluding hydrogens is 362 g/mol. The zero-order valence-corrected chi connectivity index (χ0v) is 17.1. The van der Waals surface area contributed by atoms with Crippen LogP contribution in [0.5, 0.6) is 0 Å². The van der Waals surface area contributed by atoms with Crippen LogP contribution in [0.2, 0.25) is 0 Å². The van der Waals surface area contributed by atoms with Crippen molar-refractivity contribution in [2.45, 2.75) is 39.7 Å². The maximum atomic E-state index is 12.6. The van der Waals surface area contributed by atoms with Crippen molar-refractivity contribution in [2.75, 3.05) is 13.1 Å². The molecule has 0 atom stereocenters. The van der Waals surface area contributed by atoms with Gasteiger partial charge in [-0.2, -0.15) is 0 Å². The highest BCUT2D eigenvalue weighted by Gasteiger charge is 2.24. The first kappa shape index (κ1) is 19.3. The number of nitrogens with zero attached hydrogens (tertiary/aromatic N) is 5. The summed E-state index contributed by atoms with van der Waals surface area (Å²) in [6, 6.07) is 10.3. The molecule has 1 fully saturated rings. The number of benzene rings is 1. The first-order chi connectivity index (χ1) is 14.1. The maximum absolute atomic E-state index is 12.6. The van der Waals surface area contributed by atoms with E-state index < -0.39 is 0 Å². The highest BCUT2D eigenvalue weighted by molar-refractivity contribution is 5.92. The first-order valence-electron chi connectivity index (χ1n) is 10.3. The highest BCUT2D eigenvalue weighted by atomic mass is 16.2. The van der Waals surface area contributed by atoms with E-state index in [1.807, 2.05) is 24.1 Å². The molecule has 0 saturated carbocycles. The molecular formula is C23H27N5O. The smallest absolute Gasteiger partial charge is 0.274 e. The molecule has 29 heavy (non-hydrogen) atoms. The average Bonchev–Trinajstić information content (AvgIpc) is 3.13. The summed E-state index contributed by atoms with van der Waals surface area (Å²) in [7, 11) is 0. The van der Waals surface area contributed by atoms with E-state index in [9.17, 15) is 4.79 Å². The lowest BCUT2D eigenvalue weighted by Crippen LogP contribution is -2.39. The van der Waals surface area contributed by atoms with Crippen molar-refractivity contribution in [3.05, 3.63) is 66.0 Å². The molecule has 1 aromatic carbocycles. The van der Waals surface area contributed by atoms with Gasteiger partial charge >= 0.3 is 0 Å². The van der Waals surface area contributed by atoms with Gasteiger partial charge < -0.3 is 9.47 Å². The first-order valence-corrected chi connectivity index (χ1v) is 10.3. The SMILES string of the molecule is Cc1cnc(C(=O)N2CCC(CCn3c(C)cnc3-c3ccccc3)CC2)cn1. The highest BCUT2D eigenvalue weighted by Crippen LogP contribution is 2.25. The summed E-state index contributed by atoms with van der Waals surface area (Å²) >= 11 is 0. The Bertz CT molecular complexity index is 957.